The quantitative estimate of drug-likeness (QED) is 0.0262. The van der Waals surface area contributed by atoms with Crippen molar-refractivity contribution in [2.24, 2.45) is 0 Å². The van der Waals surface area contributed by atoms with Crippen LogP contribution in [0.4, 0.5) is 0 Å². The van der Waals surface area contributed by atoms with Gasteiger partial charge in [0, 0.05) is 19.3 Å². The molecule has 0 aromatic rings. The first-order valence-corrected chi connectivity index (χ1v) is 29.7. The van der Waals surface area contributed by atoms with Crippen molar-refractivity contribution >= 4 is 17.9 Å². The van der Waals surface area contributed by atoms with Crippen LogP contribution in [0, 0.1) is 0 Å². The van der Waals surface area contributed by atoms with Crippen LogP contribution >= 0.6 is 0 Å². The first kappa shape index (κ1) is 64.2. The van der Waals surface area contributed by atoms with Gasteiger partial charge in [0.25, 0.3) is 0 Å². The number of allylic oxidation sites excluding steroid dienone is 2. The van der Waals surface area contributed by atoms with E-state index in [0.29, 0.717) is 19.3 Å². The minimum Gasteiger partial charge on any atom is -0.462 e. The SMILES string of the molecule is CCCC/C=C\CCCCCCCC(=O)OCC(COC(=O)CCCCCCCCCCCCCCCCCCCCCCCCC)OC(=O)CCCCCCCCCCCCCCCC. The molecule has 0 spiro atoms. The summed E-state index contributed by atoms with van der Waals surface area (Å²) in [6, 6.07) is 0. The highest BCUT2D eigenvalue weighted by atomic mass is 16.6. The molecule has 0 N–H and O–H groups in total. The van der Waals surface area contributed by atoms with Gasteiger partial charge in [0.2, 0.25) is 0 Å². The molecule has 0 aliphatic carbocycles. The monoisotopic (exact) mass is 931 g/mol. The summed E-state index contributed by atoms with van der Waals surface area (Å²) in [4.78, 5) is 38.1. The van der Waals surface area contributed by atoms with Crippen molar-refractivity contribution in [1.29, 1.82) is 0 Å². The smallest absolute Gasteiger partial charge is 0.306 e. The second-order valence-corrected chi connectivity index (χ2v) is 20.3. The standard InChI is InChI=1S/C60H114O6/c1-4-7-10-13-16-19-22-24-26-27-28-29-30-31-32-33-34-36-38-41-44-47-50-53-59(62)65-56-57(55-64-58(61)52-49-46-43-40-37-21-18-15-12-9-6-3)66-60(63)54-51-48-45-42-39-35-25-23-20-17-14-11-8-5-2/h15,18,57H,4-14,16-17,19-56H2,1-3H3/b18-15-. The topological polar surface area (TPSA) is 78.9 Å². The number of hydrogen-bond acceptors (Lipinski definition) is 6. The Morgan fingerprint density at radius 2 is 0.515 bits per heavy atom. The summed E-state index contributed by atoms with van der Waals surface area (Å²) in [6.45, 7) is 6.65. The van der Waals surface area contributed by atoms with Gasteiger partial charge < -0.3 is 14.2 Å². The molecule has 0 amide bonds. The van der Waals surface area contributed by atoms with Gasteiger partial charge >= 0.3 is 17.9 Å². The van der Waals surface area contributed by atoms with Crippen LogP contribution in [0.5, 0.6) is 0 Å². The third-order valence-corrected chi connectivity index (χ3v) is 13.5. The molecule has 0 aromatic carbocycles. The van der Waals surface area contributed by atoms with Crippen molar-refractivity contribution in [2.75, 3.05) is 13.2 Å². The van der Waals surface area contributed by atoms with Crippen LogP contribution in [0.3, 0.4) is 0 Å². The van der Waals surface area contributed by atoms with Crippen LogP contribution in [0.2, 0.25) is 0 Å². The lowest BCUT2D eigenvalue weighted by Gasteiger charge is -2.18. The van der Waals surface area contributed by atoms with Crippen LogP contribution in [0.15, 0.2) is 12.2 Å². The third-order valence-electron chi connectivity index (χ3n) is 13.5. The van der Waals surface area contributed by atoms with Crippen LogP contribution in [0.1, 0.15) is 335 Å². The van der Waals surface area contributed by atoms with E-state index in [1.54, 1.807) is 0 Å². The van der Waals surface area contributed by atoms with Crippen molar-refractivity contribution in [3.63, 3.8) is 0 Å². The zero-order valence-electron chi connectivity index (χ0n) is 44.7. The number of carbonyl (C=O) groups excluding carboxylic acids is 3. The van der Waals surface area contributed by atoms with Gasteiger partial charge in [-0.05, 0) is 38.5 Å². The normalized spacial score (nSPS) is 12.0. The Morgan fingerprint density at radius 3 is 0.803 bits per heavy atom. The van der Waals surface area contributed by atoms with Crippen molar-refractivity contribution in [3.05, 3.63) is 12.2 Å². The highest BCUT2D eigenvalue weighted by Gasteiger charge is 2.19. The Hall–Kier alpha value is -1.85. The fourth-order valence-corrected chi connectivity index (χ4v) is 9.02. The van der Waals surface area contributed by atoms with Gasteiger partial charge in [-0.1, -0.05) is 290 Å². The number of ether oxygens (including phenoxy) is 3. The average Bonchev–Trinajstić information content (AvgIpc) is 3.31. The van der Waals surface area contributed by atoms with Gasteiger partial charge in [-0.3, -0.25) is 14.4 Å². The van der Waals surface area contributed by atoms with E-state index in [0.717, 1.165) is 64.2 Å². The molecule has 6 heteroatoms. The minimum atomic E-state index is -0.767. The van der Waals surface area contributed by atoms with Gasteiger partial charge in [-0.25, -0.2) is 0 Å². The van der Waals surface area contributed by atoms with E-state index in [4.69, 9.17) is 14.2 Å². The lowest BCUT2D eigenvalue weighted by Crippen LogP contribution is -2.30. The summed E-state index contributed by atoms with van der Waals surface area (Å²) in [6.07, 6.45) is 63.6. The number of hydrogen-bond donors (Lipinski definition) is 0. The Balaban J connectivity index is 4.18. The second kappa shape index (κ2) is 55.7. The second-order valence-electron chi connectivity index (χ2n) is 20.3. The predicted molar refractivity (Wildman–Crippen MR) is 284 cm³/mol. The molecule has 1 unspecified atom stereocenters. The zero-order valence-corrected chi connectivity index (χ0v) is 44.7. The van der Waals surface area contributed by atoms with Crippen molar-refractivity contribution < 1.29 is 28.6 Å². The number of rotatable bonds is 55. The lowest BCUT2D eigenvalue weighted by molar-refractivity contribution is -0.167. The predicted octanol–water partition coefficient (Wildman–Crippen LogP) is 19.7. The maximum atomic E-state index is 12.8. The largest absolute Gasteiger partial charge is 0.462 e. The number of carbonyl (C=O) groups is 3. The van der Waals surface area contributed by atoms with Gasteiger partial charge in [-0.15, -0.1) is 0 Å². The molecule has 0 heterocycles. The molecule has 0 aliphatic heterocycles. The first-order valence-electron chi connectivity index (χ1n) is 29.7. The Morgan fingerprint density at radius 1 is 0.288 bits per heavy atom. The molecular weight excluding hydrogens is 817 g/mol. The first-order chi connectivity index (χ1) is 32.5. The molecule has 0 aliphatic rings. The van der Waals surface area contributed by atoms with Crippen LogP contribution < -0.4 is 0 Å². The van der Waals surface area contributed by atoms with Gasteiger partial charge in [-0.2, -0.15) is 0 Å². The molecular formula is C60H114O6. The minimum absolute atomic E-state index is 0.0666. The summed E-state index contributed by atoms with van der Waals surface area (Å²) in [7, 11) is 0. The van der Waals surface area contributed by atoms with Crippen molar-refractivity contribution in [3.8, 4) is 0 Å². The summed E-state index contributed by atoms with van der Waals surface area (Å²) in [5, 5.41) is 0. The van der Waals surface area contributed by atoms with Crippen molar-refractivity contribution in [1.82, 2.24) is 0 Å². The van der Waals surface area contributed by atoms with E-state index < -0.39 is 6.10 Å². The zero-order chi connectivity index (χ0) is 47.9. The Bertz CT molecular complexity index is 1020. The lowest BCUT2D eigenvalue weighted by atomic mass is 10.0. The average molecular weight is 932 g/mol. The van der Waals surface area contributed by atoms with E-state index in [-0.39, 0.29) is 31.1 Å². The van der Waals surface area contributed by atoms with Gasteiger partial charge in [0.1, 0.15) is 13.2 Å². The van der Waals surface area contributed by atoms with Gasteiger partial charge in [0.05, 0.1) is 0 Å². The summed E-state index contributed by atoms with van der Waals surface area (Å²) in [5.74, 6) is -0.853. The molecule has 0 aromatic heterocycles. The van der Waals surface area contributed by atoms with E-state index in [9.17, 15) is 14.4 Å². The van der Waals surface area contributed by atoms with E-state index in [1.807, 2.05) is 0 Å². The third kappa shape index (κ3) is 53.1. The fourth-order valence-electron chi connectivity index (χ4n) is 9.02. The molecule has 1 atom stereocenters. The maximum Gasteiger partial charge on any atom is 0.306 e. The van der Waals surface area contributed by atoms with Crippen LogP contribution in [-0.2, 0) is 28.6 Å². The number of esters is 3. The molecule has 0 radical (unpaired) electrons. The highest BCUT2D eigenvalue weighted by molar-refractivity contribution is 5.71. The maximum absolute atomic E-state index is 12.8. The molecule has 6 nitrogen and oxygen atoms in total. The Labute approximate surface area is 411 Å². The molecule has 0 saturated carbocycles. The summed E-state index contributed by atoms with van der Waals surface area (Å²) >= 11 is 0. The van der Waals surface area contributed by atoms with E-state index in [2.05, 4.69) is 32.9 Å². The summed E-state index contributed by atoms with van der Waals surface area (Å²) in [5.41, 5.74) is 0. The van der Waals surface area contributed by atoms with E-state index >= 15 is 0 Å². The fraction of sp³-hybridized carbons (Fsp3) is 0.917. The molecule has 390 valence electrons. The van der Waals surface area contributed by atoms with Crippen LogP contribution in [0.25, 0.3) is 0 Å². The molecule has 0 rings (SSSR count). The van der Waals surface area contributed by atoms with Crippen molar-refractivity contribution in [2.45, 2.75) is 341 Å². The molecule has 66 heavy (non-hydrogen) atoms. The molecule has 0 fully saturated rings. The number of unbranched alkanes of at least 4 members (excludes halogenated alkanes) is 42. The summed E-state index contributed by atoms with van der Waals surface area (Å²) < 4.78 is 16.9. The van der Waals surface area contributed by atoms with E-state index in [1.165, 1.54) is 231 Å². The van der Waals surface area contributed by atoms with Gasteiger partial charge in [0.15, 0.2) is 6.10 Å². The Kier molecular flexibility index (Phi) is 54.2. The molecule has 0 bridgehead atoms. The van der Waals surface area contributed by atoms with Crippen LogP contribution in [-0.4, -0.2) is 37.2 Å². The molecule has 0 saturated heterocycles. The highest BCUT2D eigenvalue weighted by Crippen LogP contribution is 2.18.